The first-order valence-corrected chi connectivity index (χ1v) is 7.59. The Morgan fingerprint density at radius 1 is 1.16 bits per heavy atom. The highest BCUT2D eigenvalue weighted by molar-refractivity contribution is 7.94. The van der Waals surface area contributed by atoms with E-state index >= 15 is 0 Å². The average molecular weight is 292 g/mol. The second-order valence-electron chi connectivity index (χ2n) is 3.66. The third-order valence-electron chi connectivity index (χ3n) is 2.31. The van der Waals surface area contributed by atoms with Crippen molar-refractivity contribution in [2.24, 2.45) is 0 Å². The van der Waals surface area contributed by atoms with E-state index in [-0.39, 0.29) is 4.34 Å². The lowest BCUT2D eigenvalue weighted by atomic mass is 10.3. The molecule has 0 aliphatic carbocycles. The maximum atomic E-state index is 12.2. The average Bonchev–Trinajstić information content (AvgIpc) is 2.84. The quantitative estimate of drug-likeness (QED) is 0.796. The van der Waals surface area contributed by atoms with E-state index in [2.05, 4.69) is 19.7 Å². The Morgan fingerprint density at radius 2 is 1.95 bits per heavy atom. The van der Waals surface area contributed by atoms with Crippen LogP contribution in [0.3, 0.4) is 0 Å². The summed E-state index contributed by atoms with van der Waals surface area (Å²) in [5.41, 5.74) is 0.966. The highest BCUT2D eigenvalue weighted by atomic mass is 32.2. The van der Waals surface area contributed by atoms with E-state index in [9.17, 15) is 8.42 Å². The van der Waals surface area contributed by atoms with Crippen LogP contribution in [-0.2, 0) is 10.0 Å². The molecule has 1 aromatic carbocycles. The number of hydrogen-bond acceptors (Lipinski definition) is 6. The zero-order valence-electron chi connectivity index (χ0n) is 9.52. The fourth-order valence-electron chi connectivity index (χ4n) is 1.49. The van der Waals surface area contributed by atoms with Crippen molar-refractivity contribution in [3.05, 3.63) is 42.9 Å². The van der Waals surface area contributed by atoms with E-state index < -0.39 is 10.0 Å². The molecule has 8 heteroatoms. The Bertz CT molecular complexity index is 782. The van der Waals surface area contributed by atoms with E-state index in [1.165, 1.54) is 12.5 Å². The molecular formula is C11H8N4O2S2. The molecule has 0 aliphatic heterocycles. The van der Waals surface area contributed by atoms with Gasteiger partial charge in [-0.1, -0.05) is 29.5 Å². The molecule has 0 atom stereocenters. The number of nitrogens with zero attached hydrogens (tertiary/aromatic N) is 3. The zero-order chi connectivity index (χ0) is 13.3. The molecule has 0 aliphatic rings. The molecule has 0 saturated carbocycles. The Labute approximate surface area is 113 Å². The van der Waals surface area contributed by atoms with E-state index in [0.29, 0.717) is 16.0 Å². The van der Waals surface area contributed by atoms with Gasteiger partial charge < -0.3 is 0 Å². The van der Waals surface area contributed by atoms with Crippen molar-refractivity contribution in [2.45, 2.75) is 4.34 Å². The first-order valence-electron chi connectivity index (χ1n) is 5.29. The highest BCUT2D eigenvalue weighted by Crippen LogP contribution is 2.24. The number of thiazole rings is 1. The standard InChI is InChI=1S/C11H8N4O2S2/c16-19(17,15-8-4-2-1-3-5-8)11-14-9-6-12-7-13-10(9)18-11/h1-7,15H. The Balaban J connectivity index is 2.00. The van der Waals surface area contributed by atoms with Gasteiger partial charge in [0, 0.05) is 5.69 Å². The first-order chi connectivity index (χ1) is 9.15. The van der Waals surface area contributed by atoms with Crippen molar-refractivity contribution in [3.8, 4) is 0 Å². The molecule has 0 saturated heterocycles. The monoisotopic (exact) mass is 292 g/mol. The first kappa shape index (κ1) is 12.0. The Morgan fingerprint density at radius 3 is 2.68 bits per heavy atom. The van der Waals surface area contributed by atoms with Crippen LogP contribution in [0.1, 0.15) is 0 Å². The third-order valence-corrected chi connectivity index (χ3v) is 5.05. The van der Waals surface area contributed by atoms with Crippen LogP contribution in [-0.4, -0.2) is 23.4 Å². The normalized spacial score (nSPS) is 11.6. The molecule has 2 heterocycles. The van der Waals surface area contributed by atoms with Crippen LogP contribution >= 0.6 is 11.3 Å². The van der Waals surface area contributed by atoms with Crippen molar-refractivity contribution in [2.75, 3.05) is 4.72 Å². The molecule has 0 unspecified atom stereocenters. The minimum absolute atomic E-state index is 0.0214. The maximum absolute atomic E-state index is 12.2. The van der Waals surface area contributed by atoms with Crippen LogP contribution in [0.5, 0.6) is 0 Å². The second kappa shape index (κ2) is 4.56. The van der Waals surface area contributed by atoms with Gasteiger partial charge in [0.05, 0.1) is 6.20 Å². The minimum Gasteiger partial charge on any atom is -0.278 e. The summed E-state index contributed by atoms with van der Waals surface area (Å²) in [5, 5.41) is 0. The number of hydrogen-bond donors (Lipinski definition) is 1. The summed E-state index contributed by atoms with van der Waals surface area (Å²) in [6.07, 6.45) is 2.85. The Hall–Kier alpha value is -2.06. The van der Waals surface area contributed by atoms with Gasteiger partial charge in [0.15, 0.2) is 0 Å². The summed E-state index contributed by atoms with van der Waals surface area (Å²) in [6, 6.07) is 8.66. The molecule has 0 amide bonds. The van der Waals surface area contributed by atoms with Crippen molar-refractivity contribution in [1.29, 1.82) is 0 Å². The lowest BCUT2D eigenvalue weighted by Gasteiger charge is -2.03. The van der Waals surface area contributed by atoms with Crippen LogP contribution in [0.2, 0.25) is 0 Å². The van der Waals surface area contributed by atoms with Crippen molar-refractivity contribution < 1.29 is 8.42 Å². The lowest BCUT2D eigenvalue weighted by Crippen LogP contribution is -2.12. The summed E-state index contributed by atoms with van der Waals surface area (Å²) in [5.74, 6) is 0. The molecule has 19 heavy (non-hydrogen) atoms. The number of para-hydroxylation sites is 1. The summed E-state index contributed by atoms with van der Waals surface area (Å²) in [4.78, 5) is 12.4. The molecule has 0 spiro atoms. The number of rotatable bonds is 3. The number of sulfonamides is 1. The van der Waals surface area contributed by atoms with E-state index in [1.807, 2.05) is 6.07 Å². The van der Waals surface area contributed by atoms with Crippen LogP contribution in [0.15, 0.2) is 47.2 Å². The SMILES string of the molecule is O=S(=O)(Nc1ccccc1)c1nc2cncnc2s1. The Kier molecular flexibility index (Phi) is 2.88. The third kappa shape index (κ3) is 2.40. The molecule has 0 bridgehead atoms. The topological polar surface area (TPSA) is 84.8 Å². The minimum atomic E-state index is -3.69. The number of nitrogens with one attached hydrogen (secondary N) is 1. The summed E-state index contributed by atoms with van der Waals surface area (Å²) in [7, 11) is -3.69. The van der Waals surface area contributed by atoms with Gasteiger partial charge >= 0.3 is 0 Å². The summed E-state index contributed by atoms with van der Waals surface area (Å²) < 4.78 is 26.8. The van der Waals surface area contributed by atoms with Gasteiger partial charge in [-0.2, -0.15) is 8.42 Å². The molecule has 2 aromatic heterocycles. The van der Waals surface area contributed by atoms with Gasteiger partial charge in [-0.25, -0.2) is 15.0 Å². The summed E-state index contributed by atoms with van der Waals surface area (Å²) in [6.45, 7) is 0. The maximum Gasteiger partial charge on any atom is 0.289 e. The number of benzene rings is 1. The van der Waals surface area contributed by atoms with Gasteiger partial charge in [0.1, 0.15) is 16.7 Å². The molecule has 3 rings (SSSR count). The molecule has 0 radical (unpaired) electrons. The predicted molar refractivity (Wildman–Crippen MR) is 72.5 cm³/mol. The van der Waals surface area contributed by atoms with Crippen LogP contribution in [0, 0.1) is 0 Å². The lowest BCUT2D eigenvalue weighted by molar-refractivity contribution is 0.600. The van der Waals surface area contributed by atoms with Crippen molar-refractivity contribution >= 4 is 37.4 Å². The van der Waals surface area contributed by atoms with Crippen molar-refractivity contribution in [3.63, 3.8) is 0 Å². The molecule has 96 valence electrons. The molecular weight excluding hydrogens is 284 g/mol. The molecule has 6 nitrogen and oxygen atoms in total. The van der Waals surface area contributed by atoms with E-state index in [1.54, 1.807) is 24.3 Å². The molecule has 0 fully saturated rings. The van der Waals surface area contributed by atoms with Gasteiger partial charge in [-0.05, 0) is 12.1 Å². The van der Waals surface area contributed by atoms with Gasteiger partial charge in [-0.15, -0.1) is 0 Å². The predicted octanol–water partition coefficient (Wildman–Crippen LogP) is 1.89. The largest absolute Gasteiger partial charge is 0.289 e. The fourth-order valence-corrected chi connectivity index (χ4v) is 3.66. The van der Waals surface area contributed by atoms with Crippen LogP contribution in [0.25, 0.3) is 10.3 Å². The second-order valence-corrected chi connectivity index (χ2v) is 6.50. The number of anilines is 1. The molecule has 1 N–H and O–H groups in total. The fraction of sp³-hybridized carbons (Fsp3) is 0. The van der Waals surface area contributed by atoms with Gasteiger partial charge in [0.25, 0.3) is 10.0 Å². The molecule has 3 aromatic rings. The number of aromatic nitrogens is 3. The van der Waals surface area contributed by atoms with E-state index in [0.717, 1.165) is 11.3 Å². The number of fused-ring (bicyclic) bond motifs is 1. The van der Waals surface area contributed by atoms with Crippen molar-refractivity contribution in [1.82, 2.24) is 15.0 Å². The summed E-state index contributed by atoms with van der Waals surface area (Å²) >= 11 is 1.01. The van der Waals surface area contributed by atoms with E-state index in [4.69, 9.17) is 0 Å². The van der Waals surface area contributed by atoms with Gasteiger partial charge in [-0.3, -0.25) is 4.72 Å². The van der Waals surface area contributed by atoms with Gasteiger partial charge in [0.2, 0.25) is 4.34 Å². The highest BCUT2D eigenvalue weighted by Gasteiger charge is 2.20. The zero-order valence-corrected chi connectivity index (χ0v) is 11.1. The van der Waals surface area contributed by atoms with Crippen LogP contribution < -0.4 is 4.72 Å². The smallest absolute Gasteiger partial charge is 0.278 e. The van der Waals surface area contributed by atoms with Crippen LogP contribution in [0.4, 0.5) is 5.69 Å².